The SMILES string of the molecule is Clc1ccc(CC(Br)c2ccc3c(c2)OCCO3)cc1Cl. The van der Waals surface area contributed by atoms with Crippen LogP contribution in [0.15, 0.2) is 36.4 Å². The van der Waals surface area contributed by atoms with Crippen LogP contribution >= 0.6 is 39.1 Å². The van der Waals surface area contributed by atoms with Crippen molar-refractivity contribution in [3.63, 3.8) is 0 Å². The van der Waals surface area contributed by atoms with E-state index in [1.807, 2.05) is 36.4 Å². The lowest BCUT2D eigenvalue weighted by molar-refractivity contribution is 0.171. The number of ether oxygens (including phenoxy) is 2. The molecule has 1 atom stereocenters. The average Bonchev–Trinajstić information content (AvgIpc) is 2.50. The van der Waals surface area contributed by atoms with E-state index in [2.05, 4.69) is 15.9 Å². The highest BCUT2D eigenvalue weighted by atomic mass is 79.9. The molecule has 2 aromatic rings. The molecule has 0 amide bonds. The van der Waals surface area contributed by atoms with Gasteiger partial charge in [0, 0.05) is 4.83 Å². The fourth-order valence-corrected chi connectivity index (χ4v) is 3.23. The molecule has 0 saturated heterocycles. The van der Waals surface area contributed by atoms with E-state index in [9.17, 15) is 0 Å². The van der Waals surface area contributed by atoms with Gasteiger partial charge in [-0.3, -0.25) is 0 Å². The Morgan fingerprint density at radius 2 is 1.71 bits per heavy atom. The van der Waals surface area contributed by atoms with Crippen LogP contribution in [0.5, 0.6) is 11.5 Å². The third-order valence-corrected chi connectivity index (χ3v) is 4.92. The lowest BCUT2D eigenvalue weighted by Crippen LogP contribution is -2.15. The number of fused-ring (bicyclic) bond motifs is 1. The van der Waals surface area contributed by atoms with Crippen molar-refractivity contribution in [3.05, 3.63) is 57.6 Å². The van der Waals surface area contributed by atoms with Gasteiger partial charge in [0.1, 0.15) is 13.2 Å². The lowest BCUT2D eigenvalue weighted by atomic mass is 10.0. The molecule has 0 aliphatic carbocycles. The minimum atomic E-state index is 0.172. The van der Waals surface area contributed by atoms with Crippen LogP contribution in [0.4, 0.5) is 0 Å². The fourth-order valence-electron chi connectivity index (χ4n) is 2.25. The lowest BCUT2D eigenvalue weighted by Gasteiger charge is -2.20. The molecule has 0 fully saturated rings. The minimum absolute atomic E-state index is 0.172. The van der Waals surface area contributed by atoms with Crippen molar-refractivity contribution in [3.8, 4) is 11.5 Å². The Morgan fingerprint density at radius 1 is 0.952 bits per heavy atom. The van der Waals surface area contributed by atoms with E-state index >= 15 is 0 Å². The predicted octanol–water partition coefficient (Wildman–Crippen LogP) is 5.44. The van der Waals surface area contributed by atoms with Gasteiger partial charge in [-0.1, -0.05) is 51.3 Å². The highest BCUT2D eigenvalue weighted by Gasteiger charge is 2.16. The van der Waals surface area contributed by atoms with E-state index in [-0.39, 0.29) is 4.83 Å². The Kier molecular flexibility index (Phi) is 4.63. The second-order valence-corrected chi connectivity index (χ2v) is 6.74. The minimum Gasteiger partial charge on any atom is -0.486 e. The summed E-state index contributed by atoms with van der Waals surface area (Å²) in [6.07, 6.45) is 0.816. The molecule has 0 aromatic heterocycles. The van der Waals surface area contributed by atoms with E-state index in [1.54, 1.807) is 0 Å². The van der Waals surface area contributed by atoms with Crippen LogP contribution in [0.1, 0.15) is 16.0 Å². The number of halogens is 3. The van der Waals surface area contributed by atoms with Crippen LogP contribution in [0.3, 0.4) is 0 Å². The zero-order valence-electron chi connectivity index (χ0n) is 11.1. The van der Waals surface area contributed by atoms with Gasteiger partial charge < -0.3 is 9.47 Å². The molecule has 0 bridgehead atoms. The van der Waals surface area contributed by atoms with E-state index in [4.69, 9.17) is 32.7 Å². The molecule has 0 saturated carbocycles. The molecular weight excluding hydrogens is 375 g/mol. The molecule has 110 valence electrons. The van der Waals surface area contributed by atoms with Crippen molar-refractivity contribution in [2.24, 2.45) is 0 Å². The van der Waals surface area contributed by atoms with Crippen molar-refractivity contribution in [2.45, 2.75) is 11.2 Å². The summed E-state index contributed by atoms with van der Waals surface area (Å²) < 4.78 is 11.1. The van der Waals surface area contributed by atoms with Crippen LogP contribution < -0.4 is 9.47 Å². The topological polar surface area (TPSA) is 18.5 Å². The van der Waals surface area contributed by atoms with Gasteiger partial charge in [0.15, 0.2) is 11.5 Å². The molecule has 3 rings (SSSR count). The third-order valence-electron chi connectivity index (χ3n) is 3.33. The first-order valence-electron chi connectivity index (χ1n) is 6.61. The highest BCUT2D eigenvalue weighted by molar-refractivity contribution is 9.09. The Labute approximate surface area is 142 Å². The van der Waals surface area contributed by atoms with Gasteiger partial charge in [-0.05, 0) is 41.8 Å². The van der Waals surface area contributed by atoms with Gasteiger partial charge in [-0.2, -0.15) is 0 Å². The monoisotopic (exact) mass is 386 g/mol. The summed E-state index contributed by atoms with van der Waals surface area (Å²) in [5, 5.41) is 1.15. The summed E-state index contributed by atoms with van der Waals surface area (Å²) in [4.78, 5) is 0.172. The van der Waals surface area contributed by atoms with Crippen molar-refractivity contribution in [1.82, 2.24) is 0 Å². The quantitative estimate of drug-likeness (QED) is 0.652. The third kappa shape index (κ3) is 3.47. The summed E-state index contributed by atoms with van der Waals surface area (Å²) in [7, 11) is 0. The maximum absolute atomic E-state index is 6.05. The number of rotatable bonds is 3. The molecule has 1 heterocycles. The molecule has 0 spiro atoms. The largest absolute Gasteiger partial charge is 0.486 e. The molecule has 0 radical (unpaired) electrons. The Balaban J connectivity index is 1.78. The molecule has 5 heteroatoms. The van der Waals surface area contributed by atoms with Crippen molar-refractivity contribution in [1.29, 1.82) is 0 Å². The summed E-state index contributed by atoms with van der Waals surface area (Å²) >= 11 is 15.7. The van der Waals surface area contributed by atoms with Crippen molar-refractivity contribution < 1.29 is 9.47 Å². The molecule has 2 aromatic carbocycles. The molecule has 2 nitrogen and oxygen atoms in total. The molecule has 0 N–H and O–H groups in total. The first kappa shape index (κ1) is 15.0. The van der Waals surface area contributed by atoms with Crippen LogP contribution in [-0.2, 0) is 6.42 Å². The normalized spacial score (nSPS) is 14.8. The second-order valence-electron chi connectivity index (χ2n) is 4.82. The summed E-state index contributed by atoms with van der Waals surface area (Å²) in [6.45, 7) is 1.20. The van der Waals surface area contributed by atoms with Gasteiger partial charge in [-0.15, -0.1) is 0 Å². The van der Waals surface area contributed by atoms with E-state index in [0.717, 1.165) is 29.0 Å². The van der Waals surface area contributed by atoms with E-state index in [1.165, 1.54) is 0 Å². The van der Waals surface area contributed by atoms with Gasteiger partial charge in [0.2, 0.25) is 0 Å². The van der Waals surface area contributed by atoms with Gasteiger partial charge in [0.25, 0.3) is 0 Å². The molecule has 1 unspecified atom stereocenters. The summed E-state index contributed by atoms with van der Waals surface area (Å²) in [5.41, 5.74) is 2.27. The van der Waals surface area contributed by atoms with Crippen molar-refractivity contribution >= 4 is 39.1 Å². The smallest absolute Gasteiger partial charge is 0.161 e. The van der Waals surface area contributed by atoms with E-state index in [0.29, 0.717) is 23.3 Å². The summed E-state index contributed by atoms with van der Waals surface area (Å²) in [5.74, 6) is 1.61. The molecule has 1 aliphatic rings. The summed E-state index contributed by atoms with van der Waals surface area (Å²) in [6, 6.07) is 11.7. The maximum atomic E-state index is 6.05. The Morgan fingerprint density at radius 3 is 2.48 bits per heavy atom. The maximum Gasteiger partial charge on any atom is 0.161 e. The van der Waals surface area contributed by atoms with Crippen LogP contribution in [-0.4, -0.2) is 13.2 Å². The van der Waals surface area contributed by atoms with Gasteiger partial charge in [0.05, 0.1) is 10.0 Å². The van der Waals surface area contributed by atoms with Gasteiger partial charge >= 0.3 is 0 Å². The average molecular weight is 388 g/mol. The molecular formula is C16H13BrCl2O2. The Hall–Kier alpha value is -0.900. The van der Waals surface area contributed by atoms with Crippen LogP contribution in [0.25, 0.3) is 0 Å². The first-order chi connectivity index (χ1) is 10.1. The number of benzene rings is 2. The number of hydrogen-bond acceptors (Lipinski definition) is 2. The molecule has 1 aliphatic heterocycles. The van der Waals surface area contributed by atoms with Crippen LogP contribution in [0, 0.1) is 0 Å². The second kappa shape index (κ2) is 6.47. The zero-order valence-corrected chi connectivity index (χ0v) is 14.2. The highest BCUT2D eigenvalue weighted by Crippen LogP contribution is 2.36. The van der Waals surface area contributed by atoms with Crippen LogP contribution in [0.2, 0.25) is 10.0 Å². The predicted molar refractivity (Wildman–Crippen MR) is 89.3 cm³/mol. The van der Waals surface area contributed by atoms with Crippen molar-refractivity contribution in [2.75, 3.05) is 13.2 Å². The van der Waals surface area contributed by atoms with E-state index < -0.39 is 0 Å². The molecule has 21 heavy (non-hydrogen) atoms. The fraction of sp³-hybridized carbons (Fsp3) is 0.250. The zero-order chi connectivity index (χ0) is 14.8. The number of alkyl halides is 1. The number of hydrogen-bond donors (Lipinski definition) is 0. The van der Waals surface area contributed by atoms with Gasteiger partial charge in [-0.25, -0.2) is 0 Å². The first-order valence-corrected chi connectivity index (χ1v) is 8.28. The standard InChI is InChI=1S/C16H13BrCl2O2/c17-12(7-10-1-3-13(18)14(19)8-10)11-2-4-15-16(9-11)21-6-5-20-15/h1-4,8-9,12H,5-7H2. The Bertz CT molecular complexity index is 661.